The highest BCUT2D eigenvalue weighted by atomic mass is 32.2. The van der Waals surface area contributed by atoms with Gasteiger partial charge in [0.15, 0.2) is 0 Å². The van der Waals surface area contributed by atoms with Gasteiger partial charge in [-0.05, 0) is 32.1 Å². The minimum atomic E-state index is -3.96. The Morgan fingerprint density at radius 3 is 2.47 bits per heavy atom. The number of hydrogen-bond donors (Lipinski definition) is 2. The van der Waals surface area contributed by atoms with Gasteiger partial charge in [-0.3, -0.25) is 4.79 Å². The van der Waals surface area contributed by atoms with Gasteiger partial charge in [-0.2, -0.15) is 0 Å². The molecule has 5 nitrogen and oxygen atoms in total. The predicted molar refractivity (Wildman–Crippen MR) is 69.1 cm³/mol. The molecule has 3 N–H and O–H groups in total. The summed E-state index contributed by atoms with van der Waals surface area (Å²) in [5.41, 5.74) is -0.859. The first-order valence-electron chi connectivity index (χ1n) is 5.35. The van der Waals surface area contributed by atoms with E-state index in [-0.39, 0.29) is 10.5 Å². The summed E-state index contributed by atoms with van der Waals surface area (Å²) in [5.74, 6) is -1.22. The van der Waals surface area contributed by atoms with Gasteiger partial charge in [0.2, 0.25) is 15.9 Å². The van der Waals surface area contributed by atoms with Crippen LogP contribution in [-0.2, 0) is 20.4 Å². The Morgan fingerprint density at radius 2 is 2.05 bits per heavy atom. The van der Waals surface area contributed by atoms with Crippen LogP contribution in [0.15, 0.2) is 35.7 Å². The van der Waals surface area contributed by atoms with Crippen LogP contribution >= 0.6 is 0 Å². The largest absolute Gasteiger partial charge is 0.344 e. The number of halogens is 1. The van der Waals surface area contributed by atoms with Gasteiger partial charge in [0.05, 0.1) is 10.4 Å². The topological polar surface area (TPSA) is 89.3 Å². The summed E-state index contributed by atoms with van der Waals surface area (Å²) >= 11 is 0. The molecule has 0 aliphatic heterocycles. The van der Waals surface area contributed by atoms with Crippen LogP contribution < -0.4 is 10.5 Å². The molecule has 0 bridgehead atoms. The summed E-state index contributed by atoms with van der Waals surface area (Å²) in [5, 5.41) is 7.45. The van der Waals surface area contributed by atoms with Crippen molar-refractivity contribution in [3.8, 4) is 0 Å². The molecule has 0 heterocycles. The second-order valence-corrected chi connectivity index (χ2v) is 6.07. The summed E-state index contributed by atoms with van der Waals surface area (Å²) in [6, 6.07) is 3.29. The van der Waals surface area contributed by atoms with Crippen molar-refractivity contribution >= 4 is 15.9 Å². The Bertz CT molecular complexity index is 624. The minimum absolute atomic E-state index is 0.148. The van der Waals surface area contributed by atoms with Gasteiger partial charge in [-0.1, -0.05) is 12.6 Å². The van der Waals surface area contributed by atoms with E-state index >= 15 is 0 Å². The number of carbonyl (C=O) groups excluding carboxylic acids is 1. The van der Waals surface area contributed by atoms with E-state index in [0.29, 0.717) is 0 Å². The standard InChI is InChI=1S/C12H15FN2O3S/c1-4-11(16)15-12(2,3)9-6-5-8(7-10(9)13)19(14,17)18/h4-7H,1H2,2-3H3,(H,15,16)(H2,14,17,18). The van der Waals surface area contributed by atoms with Crippen LogP contribution in [0, 0.1) is 5.82 Å². The average molecular weight is 286 g/mol. The summed E-state index contributed by atoms with van der Waals surface area (Å²) in [4.78, 5) is 11.0. The third-order valence-electron chi connectivity index (χ3n) is 2.56. The molecule has 0 unspecified atom stereocenters. The highest BCUT2D eigenvalue weighted by Crippen LogP contribution is 2.25. The number of carbonyl (C=O) groups is 1. The maximum Gasteiger partial charge on any atom is 0.244 e. The van der Waals surface area contributed by atoms with Crippen LogP contribution in [0.1, 0.15) is 19.4 Å². The van der Waals surface area contributed by atoms with Crippen molar-refractivity contribution in [1.82, 2.24) is 5.32 Å². The Hall–Kier alpha value is -1.73. The second-order valence-electron chi connectivity index (χ2n) is 4.51. The molecular formula is C12H15FN2O3S. The SMILES string of the molecule is C=CC(=O)NC(C)(C)c1ccc(S(N)(=O)=O)cc1F. The van der Waals surface area contributed by atoms with E-state index < -0.39 is 27.3 Å². The molecule has 1 aromatic rings. The van der Waals surface area contributed by atoms with Crippen LogP contribution in [0.25, 0.3) is 0 Å². The second kappa shape index (κ2) is 5.10. The molecule has 0 atom stereocenters. The van der Waals surface area contributed by atoms with Crippen molar-refractivity contribution in [3.05, 3.63) is 42.2 Å². The lowest BCUT2D eigenvalue weighted by molar-refractivity contribution is -0.118. The summed E-state index contributed by atoms with van der Waals surface area (Å²) in [6.07, 6.45) is 1.07. The Labute approximate surface area is 111 Å². The zero-order chi connectivity index (χ0) is 14.8. The Morgan fingerprint density at radius 1 is 1.47 bits per heavy atom. The first-order chi connectivity index (χ1) is 8.58. The molecule has 1 amide bonds. The van der Waals surface area contributed by atoms with Crippen molar-refractivity contribution < 1.29 is 17.6 Å². The number of primary sulfonamides is 1. The van der Waals surface area contributed by atoms with Crippen LogP contribution in [0.3, 0.4) is 0 Å². The highest BCUT2D eigenvalue weighted by molar-refractivity contribution is 7.89. The summed E-state index contributed by atoms with van der Waals surface area (Å²) < 4.78 is 36.1. The molecule has 19 heavy (non-hydrogen) atoms. The molecule has 0 saturated carbocycles. The van der Waals surface area contributed by atoms with E-state index in [4.69, 9.17) is 5.14 Å². The van der Waals surface area contributed by atoms with Crippen molar-refractivity contribution in [1.29, 1.82) is 0 Å². The highest BCUT2D eigenvalue weighted by Gasteiger charge is 2.26. The normalized spacial score (nSPS) is 12.0. The monoisotopic (exact) mass is 286 g/mol. The number of benzene rings is 1. The number of rotatable bonds is 4. The molecule has 0 spiro atoms. The van der Waals surface area contributed by atoms with E-state index in [1.165, 1.54) is 12.1 Å². The maximum absolute atomic E-state index is 13.9. The van der Waals surface area contributed by atoms with Gasteiger partial charge in [0.1, 0.15) is 5.82 Å². The fourth-order valence-corrected chi connectivity index (χ4v) is 2.13. The van der Waals surface area contributed by atoms with E-state index in [1.54, 1.807) is 13.8 Å². The lowest BCUT2D eigenvalue weighted by Gasteiger charge is -2.26. The zero-order valence-corrected chi connectivity index (χ0v) is 11.4. The lowest BCUT2D eigenvalue weighted by Crippen LogP contribution is -2.40. The molecule has 104 valence electrons. The van der Waals surface area contributed by atoms with Gasteiger partial charge in [-0.15, -0.1) is 0 Å². The fourth-order valence-electron chi connectivity index (χ4n) is 1.61. The predicted octanol–water partition coefficient (Wildman–Crippen LogP) is 1.01. The molecular weight excluding hydrogens is 271 g/mol. The molecule has 1 rings (SSSR count). The molecule has 0 fully saturated rings. The lowest BCUT2D eigenvalue weighted by atomic mass is 9.93. The third-order valence-corrected chi connectivity index (χ3v) is 3.47. The first-order valence-corrected chi connectivity index (χ1v) is 6.90. The molecule has 0 aliphatic carbocycles. The van der Waals surface area contributed by atoms with Crippen molar-refractivity contribution in [2.45, 2.75) is 24.3 Å². The zero-order valence-electron chi connectivity index (χ0n) is 10.6. The van der Waals surface area contributed by atoms with Crippen LogP contribution in [-0.4, -0.2) is 14.3 Å². The quantitative estimate of drug-likeness (QED) is 0.809. The third kappa shape index (κ3) is 3.62. The molecule has 0 saturated heterocycles. The first kappa shape index (κ1) is 15.3. The van der Waals surface area contributed by atoms with E-state index in [9.17, 15) is 17.6 Å². The van der Waals surface area contributed by atoms with Gasteiger partial charge < -0.3 is 5.32 Å². The van der Waals surface area contributed by atoms with E-state index in [2.05, 4.69) is 11.9 Å². The smallest absolute Gasteiger partial charge is 0.244 e. The molecule has 0 aromatic heterocycles. The van der Waals surface area contributed by atoms with Crippen LogP contribution in [0.4, 0.5) is 4.39 Å². The molecule has 0 radical (unpaired) electrons. The van der Waals surface area contributed by atoms with Crippen molar-refractivity contribution in [2.75, 3.05) is 0 Å². The minimum Gasteiger partial charge on any atom is -0.344 e. The summed E-state index contributed by atoms with van der Waals surface area (Å²) in [7, 11) is -3.96. The van der Waals surface area contributed by atoms with Crippen molar-refractivity contribution in [2.24, 2.45) is 5.14 Å². The Kier molecular flexibility index (Phi) is 4.12. The molecule has 1 aromatic carbocycles. The maximum atomic E-state index is 13.9. The molecule has 7 heteroatoms. The average Bonchev–Trinajstić information content (AvgIpc) is 2.26. The van der Waals surface area contributed by atoms with Crippen LogP contribution in [0.5, 0.6) is 0 Å². The Balaban J connectivity index is 3.22. The van der Waals surface area contributed by atoms with Gasteiger partial charge in [0, 0.05) is 5.56 Å². The van der Waals surface area contributed by atoms with E-state index in [1.807, 2.05) is 0 Å². The van der Waals surface area contributed by atoms with Gasteiger partial charge >= 0.3 is 0 Å². The number of amides is 1. The number of nitrogens with one attached hydrogen (secondary N) is 1. The van der Waals surface area contributed by atoms with Crippen molar-refractivity contribution in [3.63, 3.8) is 0 Å². The molecule has 0 aliphatic rings. The van der Waals surface area contributed by atoms with Gasteiger partial charge in [-0.25, -0.2) is 17.9 Å². The van der Waals surface area contributed by atoms with Crippen LogP contribution in [0.2, 0.25) is 0 Å². The number of sulfonamides is 1. The fraction of sp³-hybridized carbons (Fsp3) is 0.250. The van der Waals surface area contributed by atoms with Gasteiger partial charge in [0.25, 0.3) is 0 Å². The number of hydrogen-bond acceptors (Lipinski definition) is 3. The van der Waals surface area contributed by atoms with E-state index in [0.717, 1.165) is 12.1 Å². The number of nitrogens with two attached hydrogens (primary N) is 1. The summed E-state index contributed by atoms with van der Waals surface area (Å²) in [6.45, 7) is 6.48.